The molecule has 0 amide bonds. The molecule has 2 aromatic carbocycles. The lowest BCUT2D eigenvalue weighted by Crippen LogP contribution is -2.29. The Bertz CT molecular complexity index is 1490. The van der Waals surface area contributed by atoms with E-state index in [1.54, 1.807) is 38.2 Å². The number of H-pyrrole nitrogens is 1. The number of para-hydroxylation sites is 1. The van der Waals surface area contributed by atoms with E-state index in [0.29, 0.717) is 33.6 Å². The molecule has 8 nitrogen and oxygen atoms in total. The maximum Gasteiger partial charge on any atom is 0.266 e. The molecule has 32 heavy (non-hydrogen) atoms. The summed E-state index contributed by atoms with van der Waals surface area (Å²) in [5.41, 5.74) is 1.12. The van der Waals surface area contributed by atoms with Crippen LogP contribution in [0.5, 0.6) is 0 Å². The smallest absolute Gasteiger partial charge is 0.266 e. The second-order valence-electron chi connectivity index (χ2n) is 7.36. The van der Waals surface area contributed by atoms with Crippen LogP contribution in [0.25, 0.3) is 27.8 Å². The Morgan fingerprint density at radius 3 is 2.59 bits per heavy atom. The summed E-state index contributed by atoms with van der Waals surface area (Å²) in [5, 5.41) is 3.40. The van der Waals surface area contributed by atoms with Gasteiger partial charge in [0, 0.05) is 0 Å². The average Bonchev–Trinajstić information content (AvgIpc) is 3.17. The number of halogens is 2. The number of rotatable bonds is 4. The van der Waals surface area contributed by atoms with Gasteiger partial charge in [-0.05, 0) is 37.6 Å². The molecule has 0 aliphatic heterocycles. The van der Waals surface area contributed by atoms with Gasteiger partial charge in [-0.2, -0.15) is 4.98 Å². The summed E-state index contributed by atoms with van der Waals surface area (Å²) < 4.78 is 30.5. The normalized spacial score (nSPS) is 12.4. The number of hydrogen-bond donors (Lipinski definition) is 2. The number of benzene rings is 2. The van der Waals surface area contributed by atoms with Crippen molar-refractivity contribution in [3.8, 4) is 5.69 Å². The second-order valence-corrected chi connectivity index (χ2v) is 7.36. The van der Waals surface area contributed by atoms with Gasteiger partial charge in [0.2, 0.25) is 5.95 Å². The largest absolute Gasteiger partial charge is 0.346 e. The van der Waals surface area contributed by atoms with Crippen LogP contribution in [0.3, 0.4) is 0 Å². The lowest BCUT2D eigenvalue weighted by atomic mass is 10.1. The first-order valence-electron chi connectivity index (χ1n) is 9.83. The average molecular weight is 433 g/mol. The first-order chi connectivity index (χ1) is 15.4. The Morgan fingerprint density at radius 2 is 1.84 bits per heavy atom. The summed E-state index contributed by atoms with van der Waals surface area (Å²) in [7, 11) is 0. The number of nitrogens with one attached hydrogen (secondary N) is 2. The molecule has 0 aliphatic carbocycles. The van der Waals surface area contributed by atoms with Gasteiger partial charge in [-0.3, -0.25) is 9.36 Å². The molecule has 0 saturated carbocycles. The van der Waals surface area contributed by atoms with Gasteiger partial charge in [0.05, 0.1) is 23.1 Å². The highest BCUT2D eigenvalue weighted by molar-refractivity contribution is 5.81. The van der Waals surface area contributed by atoms with Crippen LogP contribution in [0.2, 0.25) is 0 Å². The fraction of sp³-hybridized carbons (Fsp3) is 0.136. The number of aromatic nitrogens is 6. The van der Waals surface area contributed by atoms with Gasteiger partial charge in [0.25, 0.3) is 5.56 Å². The van der Waals surface area contributed by atoms with Crippen molar-refractivity contribution in [1.29, 1.82) is 0 Å². The summed E-state index contributed by atoms with van der Waals surface area (Å²) in [6.45, 7) is 3.47. The van der Waals surface area contributed by atoms with Gasteiger partial charge in [0.1, 0.15) is 35.0 Å². The number of nitrogens with zero attached hydrogens (tertiary/aromatic N) is 5. The lowest BCUT2D eigenvalue weighted by molar-refractivity contribution is 0.557. The van der Waals surface area contributed by atoms with E-state index in [4.69, 9.17) is 0 Å². The van der Waals surface area contributed by atoms with E-state index in [1.165, 1.54) is 12.4 Å². The quantitative estimate of drug-likeness (QED) is 0.447. The first-order valence-corrected chi connectivity index (χ1v) is 9.83. The zero-order valence-corrected chi connectivity index (χ0v) is 17.1. The van der Waals surface area contributed by atoms with Crippen molar-refractivity contribution >= 4 is 28.0 Å². The summed E-state index contributed by atoms with van der Waals surface area (Å²) in [6, 6.07) is 8.02. The number of aryl methyl sites for hydroxylation is 1. The molecule has 2 N–H and O–H groups in total. The fourth-order valence-electron chi connectivity index (χ4n) is 3.72. The minimum Gasteiger partial charge on any atom is -0.346 e. The molecule has 5 aromatic rings. The third kappa shape index (κ3) is 3.16. The fourth-order valence-corrected chi connectivity index (χ4v) is 3.72. The number of fused-ring (bicyclic) bond motifs is 2. The molecule has 1 atom stereocenters. The van der Waals surface area contributed by atoms with Gasteiger partial charge < -0.3 is 10.3 Å². The molecule has 0 spiro atoms. The van der Waals surface area contributed by atoms with Crippen LogP contribution in [-0.2, 0) is 0 Å². The molecule has 0 aliphatic rings. The van der Waals surface area contributed by atoms with Crippen LogP contribution in [0, 0.1) is 18.6 Å². The molecule has 3 heterocycles. The summed E-state index contributed by atoms with van der Waals surface area (Å²) in [4.78, 5) is 33.5. The summed E-state index contributed by atoms with van der Waals surface area (Å²) in [5.74, 6) is -1.25. The van der Waals surface area contributed by atoms with Crippen molar-refractivity contribution in [2.45, 2.75) is 19.9 Å². The van der Waals surface area contributed by atoms with Crippen molar-refractivity contribution in [2.75, 3.05) is 5.32 Å². The van der Waals surface area contributed by atoms with Gasteiger partial charge in [-0.15, -0.1) is 0 Å². The van der Waals surface area contributed by atoms with Gasteiger partial charge in [0.15, 0.2) is 5.65 Å². The molecular weight excluding hydrogens is 416 g/mol. The molecule has 0 saturated heterocycles. The molecule has 3 aromatic heterocycles. The molecule has 0 radical (unpaired) electrons. The summed E-state index contributed by atoms with van der Waals surface area (Å²) in [6.07, 6.45) is 2.95. The third-order valence-corrected chi connectivity index (χ3v) is 5.20. The minimum atomic E-state index is -0.866. The Balaban J connectivity index is 1.73. The first kappa shape index (κ1) is 19.7. The Morgan fingerprint density at radius 1 is 1.09 bits per heavy atom. The highest BCUT2D eigenvalue weighted by Crippen LogP contribution is 2.25. The van der Waals surface area contributed by atoms with Gasteiger partial charge in [-0.1, -0.05) is 18.2 Å². The van der Waals surface area contributed by atoms with Crippen molar-refractivity contribution in [3.05, 3.63) is 82.3 Å². The van der Waals surface area contributed by atoms with E-state index in [1.807, 2.05) is 0 Å². The molecule has 160 valence electrons. The minimum absolute atomic E-state index is 0.128. The predicted molar refractivity (Wildman–Crippen MR) is 116 cm³/mol. The maximum absolute atomic E-state index is 14.7. The van der Waals surface area contributed by atoms with E-state index in [-0.39, 0.29) is 5.82 Å². The SMILES string of the molecule is Cc1cccc2nc([C@H](C)Nc3nc4ncncc4[nH]3)n(-c3c(F)cccc3F)c(=O)c12. The Kier molecular flexibility index (Phi) is 4.62. The van der Waals surface area contributed by atoms with E-state index < -0.39 is 28.9 Å². The highest BCUT2D eigenvalue weighted by Gasteiger charge is 2.23. The molecular formula is C22H17F2N7O. The lowest BCUT2D eigenvalue weighted by Gasteiger charge is -2.20. The summed E-state index contributed by atoms with van der Waals surface area (Å²) >= 11 is 0. The van der Waals surface area contributed by atoms with Crippen LogP contribution >= 0.6 is 0 Å². The van der Waals surface area contributed by atoms with Crippen molar-refractivity contribution < 1.29 is 8.78 Å². The number of aromatic amines is 1. The Hall–Kier alpha value is -4.21. The standard InChI is InChI=1S/C22H17F2N7O/c1-11-5-3-8-15-17(11)21(32)31(18-13(23)6-4-7-14(18)24)20(28-15)12(2)27-22-29-16-9-25-10-26-19(16)30-22/h3-10,12H,1-2H3,(H2,25,26,27,29,30)/t12-/m0/s1. The topological polar surface area (TPSA) is 101 Å². The monoisotopic (exact) mass is 433 g/mol. The molecule has 0 fully saturated rings. The number of imidazole rings is 1. The highest BCUT2D eigenvalue weighted by atomic mass is 19.1. The van der Waals surface area contributed by atoms with Crippen molar-refractivity contribution in [1.82, 2.24) is 29.5 Å². The third-order valence-electron chi connectivity index (χ3n) is 5.20. The van der Waals surface area contributed by atoms with E-state index in [0.717, 1.165) is 16.7 Å². The van der Waals surface area contributed by atoms with Crippen molar-refractivity contribution in [2.24, 2.45) is 0 Å². The van der Waals surface area contributed by atoms with Crippen LogP contribution in [0.15, 0.2) is 53.7 Å². The van der Waals surface area contributed by atoms with E-state index >= 15 is 0 Å². The second kappa shape index (κ2) is 7.49. The number of anilines is 1. The zero-order valence-electron chi connectivity index (χ0n) is 17.1. The molecule has 10 heteroatoms. The number of hydrogen-bond acceptors (Lipinski definition) is 6. The zero-order chi connectivity index (χ0) is 22.4. The van der Waals surface area contributed by atoms with Crippen LogP contribution in [-0.4, -0.2) is 29.5 Å². The van der Waals surface area contributed by atoms with Crippen molar-refractivity contribution in [3.63, 3.8) is 0 Å². The van der Waals surface area contributed by atoms with Crippen LogP contribution in [0.1, 0.15) is 24.4 Å². The van der Waals surface area contributed by atoms with Crippen LogP contribution < -0.4 is 10.9 Å². The van der Waals surface area contributed by atoms with E-state index in [9.17, 15) is 13.6 Å². The molecule has 0 unspecified atom stereocenters. The van der Waals surface area contributed by atoms with Gasteiger partial charge in [-0.25, -0.2) is 23.7 Å². The molecule has 5 rings (SSSR count). The van der Waals surface area contributed by atoms with Crippen LogP contribution in [0.4, 0.5) is 14.7 Å². The predicted octanol–water partition coefficient (Wildman–Crippen LogP) is 3.81. The van der Waals surface area contributed by atoms with E-state index in [2.05, 4.69) is 30.2 Å². The maximum atomic E-state index is 14.7. The Labute approximate surface area is 180 Å². The molecule has 0 bridgehead atoms. The van der Waals surface area contributed by atoms with Gasteiger partial charge >= 0.3 is 0 Å².